The van der Waals surface area contributed by atoms with Gasteiger partial charge in [0.05, 0.1) is 12.0 Å². The molecule has 0 radical (unpaired) electrons. The molecular formula is C23H22N2O3S. The molecule has 148 valence electrons. The second-order valence-corrected chi connectivity index (χ2v) is 7.28. The van der Waals surface area contributed by atoms with Gasteiger partial charge in [-0.2, -0.15) is 0 Å². The fourth-order valence-corrected chi connectivity index (χ4v) is 3.46. The molecule has 1 N–H and O–H groups in total. The molecule has 2 amide bonds. The maximum Gasteiger partial charge on any atom is 0.265 e. The first kappa shape index (κ1) is 20.4. The number of nitrogens with one attached hydrogen (secondary N) is 1. The van der Waals surface area contributed by atoms with Crippen LogP contribution >= 0.6 is 11.3 Å². The topological polar surface area (TPSA) is 58.6 Å². The molecule has 0 saturated carbocycles. The van der Waals surface area contributed by atoms with Crippen LogP contribution in [0.3, 0.4) is 0 Å². The first-order valence-electron chi connectivity index (χ1n) is 9.08. The molecule has 3 rings (SSSR count). The molecule has 3 aromatic rings. The number of nitrogens with zero attached hydrogens (tertiary/aromatic N) is 1. The van der Waals surface area contributed by atoms with Crippen LogP contribution in [0.15, 0.2) is 78.7 Å². The number of thiophene rings is 1. The molecule has 0 aliphatic rings. The molecule has 0 aliphatic heterocycles. The number of carbonyl (C=O) groups excluding carboxylic acids is 2. The zero-order valence-corrected chi connectivity index (χ0v) is 16.9. The lowest BCUT2D eigenvalue weighted by atomic mass is 10.1. The van der Waals surface area contributed by atoms with Crippen LogP contribution in [-0.2, 0) is 6.54 Å². The summed E-state index contributed by atoms with van der Waals surface area (Å²) in [6.07, 6.45) is 1.70. The lowest BCUT2D eigenvalue weighted by Crippen LogP contribution is -2.30. The monoisotopic (exact) mass is 406 g/mol. The number of rotatable bonds is 8. The zero-order valence-electron chi connectivity index (χ0n) is 16.1. The van der Waals surface area contributed by atoms with Crippen molar-refractivity contribution in [3.63, 3.8) is 0 Å². The van der Waals surface area contributed by atoms with Crippen molar-refractivity contribution in [2.75, 3.05) is 19.0 Å². The second kappa shape index (κ2) is 9.71. The minimum Gasteiger partial charge on any atom is -0.497 e. The van der Waals surface area contributed by atoms with Gasteiger partial charge in [0.1, 0.15) is 5.75 Å². The fourth-order valence-electron chi connectivity index (χ4n) is 2.84. The Hall–Kier alpha value is -3.38. The molecule has 5 nitrogen and oxygen atoms in total. The maximum atomic E-state index is 13.1. The summed E-state index contributed by atoms with van der Waals surface area (Å²) < 4.78 is 5.18. The Bertz CT molecular complexity index is 982. The first-order valence-corrected chi connectivity index (χ1v) is 9.96. The van der Waals surface area contributed by atoms with Crippen molar-refractivity contribution in [3.05, 3.63) is 94.7 Å². The summed E-state index contributed by atoms with van der Waals surface area (Å²) in [5.74, 6) is 0.447. The highest BCUT2D eigenvalue weighted by Gasteiger charge is 2.16. The van der Waals surface area contributed by atoms with Crippen LogP contribution in [0, 0.1) is 0 Å². The van der Waals surface area contributed by atoms with Crippen molar-refractivity contribution in [1.29, 1.82) is 0 Å². The number of hydrogen-bond acceptors (Lipinski definition) is 4. The van der Waals surface area contributed by atoms with Crippen LogP contribution in [0.25, 0.3) is 0 Å². The van der Waals surface area contributed by atoms with Crippen molar-refractivity contribution in [2.24, 2.45) is 0 Å². The molecular weight excluding hydrogens is 384 g/mol. The van der Waals surface area contributed by atoms with Gasteiger partial charge < -0.3 is 15.0 Å². The Morgan fingerprint density at radius 2 is 1.93 bits per heavy atom. The third kappa shape index (κ3) is 5.33. The van der Waals surface area contributed by atoms with Gasteiger partial charge in [-0.1, -0.05) is 30.3 Å². The van der Waals surface area contributed by atoms with Crippen molar-refractivity contribution < 1.29 is 14.3 Å². The van der Waals surface area contributed by atoms with Crippen molar-refractivity contribution >= 4 is 28.8 Å². The van der Waals surface area contributed by atoms with E-state index in [0.29, 0.717) is 29.2 Å². The molecule has 2 aromatic carbocycles. The summed E-state index contributed by atoms with van der Waals surface area (Å²) in [5, 5.41) is 4.69. The van der Waals surface area contributed by atoms with Gasteiger partial charge >= 0.3 is 0 Å². The average molecular weight is 407 g/mol. The summed E-state index contributed by atoms with van der Waals surface area (Å²) in [7, 11) is 1.62. The second-order valence-electron chi connectivity index (χ2n) is 6.33. The molecule has 0 spiro atoms. The zero-order chi connectivity index (χ0) is 20.6. The van der Waals surface area contributed by atoms with E-state index in [1.807, 2.05) is 35.7 Å². The van der Waals surface area contributed by atoms with Gasteiger partial charge in [0.2, 0.25) is 0 Å². The number of amides is 2. The van der Waals surface area contributed by atoms with Crippen molar-refractivity contribution in [1.82, 2.24) is 4.90 Å². The van der Waals surface area contributed by atoms with E-state index < -0.39 is 0 Å². The highest BCUT2D eigenvalue weighted by Crippen LogP contribution is 2.18. The molecule has 0 bridgehead atoms. The third-order valence-electron chi connectivity index (χ3n) is 4.28. The van der Waals surface area contributed by atoms with E-state index in [1.54, 1.807) is 48.4 Å². The standard InChI is InChI=1S/C23H22N2O3S/c1-3-13-25(16-17-9-11-20(28-2)12-10-17)23(27)18-6-4-7-19(15-18)24-22(26)21-8-5-14-29-21/h3-12,14-15H,1,13,16H2,2H3,(H,24,26). The minimum absolute atomic E-state index is 0.132. The highest BCUT2D eigenvalue weighted by molar-refractivity contribution is 7.12. The molecule has 0 fully saturated rings. The normalized spacial score (nSPS) is 10.2. The maximum absolute atomic E-state index is 13.1. The lowest BCUT2D eigenvalue weighted by molar-refractivity contribution is 0.0762. The fraction of sp³-hybridized carbons (Fsp3) is 0.130. The summed E-state index contributed by atoms with van der Waals surface area (Å²) >= 11 is 1.37. The van der Waals surface area contributed by atoms with Gasteiger partial charge in [-0.05, 0) is 47.3 Å². The SMILES string of the molecule is C=CCN(Cc1ccc(OC)cc1)C(=O)c1cccc(NC(=O)c2cccs2)c1. The van der Waals surface area contributed by atoms with E-state index in [9.17, 15) is 9.59 Å². The van der Waals surface area contributed by atoms with Crippen LogP contribution in [-0.4, -0.2) is 30.4 Å². The van der Waals surface area contributed by atoms with E-state index in [1.165, 1.54) is 11.3 Å². The van der Waals surface area contributed by atoms with Gasteiger partial charge in [-0.3, -0.25) is 9.59 Å². The largest absolute Gasteiger partial charge is 0.497 e. The predicted molar refractivity (Wildman–Crippen MR) is 117 cm³/mol. The number of hydrogen-bond donors (Lipinski definition) is 1. The molecule has 0 aliphatic carbocycles. The quantitative estimate of drug-likeness (QED) is 0.545. The van der Waals surface area contributed by atoms with E-state index >= 15 is 0 Å². The van der Waals surface area contributed by atoms with Gasteiger partial charge in [0.25, 0.3) is 11.8 Å². The Morgan fingerprint density at radius 1 is 1.14 bits per heavy atom. The molecule has 0 unspecified atom stereocenters. The summed E-state index contributed by atoms with van der Waals surface area (Å²) in [5.41, 5.74) is 2.07. The Morgan fingerprint density at radius 3 is 2.59 bits per heavy atom. The average Bonchev–Trinajstić information content (AvgIpc) is 3.29. The molecule has 0 saturated heterocycles. The third-order valence-corrected chi connectivity index (χ3v) is 5.15. The van der Waals surface area contributed by atoms with Gasteiger partial charge in [-0.25, -0.2) is 0 Å². The minimum atomic E-state index is -0.189. The van der Waals surface area contributed by atoms with Crippen molar-refractivity contribution in [2.45, 2.75) is 6.54 Å². The number of ether oxygens (including phenoxy) is 1. The van der Waals surface area contributed by atoms with Crippen LogP contribution < -0.4 is 10.1 Å². The van der Waals surface area contributed by atoms with E-state index in [4.69, 9.17) is 4.74 Å². The lowest BCUT2D eigenvalue weighted by Gasteiger charge is -2.22. The number of anilines is 1. The molecule has 1 aromatic heterocycles. The Labute approximate surface area is 174 Å². The molecule has 6 heteroatoms. The van der Waals surface area contributed by atoms with Crippen LogP contribution in [0.2, 0.25) is 0 Å². The summed E-state index contributed by atoms with van der Waals surface area (Å²) in [4.78, 5) is 27.7. The Balaban J connectivity index is 1.75. The van der Waals surface area contributed by atoms with Gasteiger partial charge in [0, 0.05) is 24.3 Å². The van der Waals surface area contributed by atoms with E-state index in [-0.39, 0.29) is 11.8 Å². The van der Waals surface area contributed by atoms with Gasteiger partial charge in [-0.15, -0.1) is 17.9 Å². The highest BCUT2D eigenvalue weighted by atomic mass is 32.1. The first-order chi connectivity index (χ1) is 14.1. The van der Waals surface area contributed by atoms with E-state index in [2.05, 4.69) is 11.9 Å². The number of carbonyl (C=O) groups is 2. The van der Waals surface area contributed by atoms with E-state index in [0.717, 1.165) is 11.3 Å². The van der Waals surface area contributed by atoms with Crippen LogP contribution in [0.1, 0.15) is 25.6 Å². The number of methoxy groups -OCH3 is 1. The number of benzene rings is 2. The predicted octanol–water partition coefficient (Wildman–Crippen LogP) is 4.84. The molecule has 1 heterocycles. The molecule has 29 heavy (non-hydrogen) atoms. The smallest absolute Gasteiger partial charge is 0.265 e. The van der Waals surface area contributed by atoms with Crippen LogP contribution in [0.5, 0.6) is 5.75 Å². The van der Waals surface area contributed by atoms with Gasteiger partial charge in [0.15, 0.2) is 0 Å². The van der Waals surface area contributed by atoms with Crippen molar-refractivity contribution in [3.8, 4) is 5.75 Å². The summed E-state index contributed by atoms with van der Waals surface area (Å²) in [6.45, 7) is 4.62. The Kier molecular flexibility index (Phi) is 6.81. The summed E-state index contributed by atoms with van der Waals surface area (Å²) in [6, 6.07) is 18.1. The molecule has 0 atom stereocenters. The van der Waals surface area contributed by atoms with Crippen LogP contribution in [0.4, 0.5) is 5.69 Å².